The number of hydrogen-bond donors (Lipinski definition) is 2. The molecule has 24 heavy (non-hydrogen) atoms. The predicted octanol–water partition coefficient (Wildman–Crippen LogP) is 2.77. The molecule has 0 spiro atoms. The highest BCUT2D eigenvalue weighted by Gasteiger charge is 2.16. The third-order valence-electron chi connectivity index (χ3n) is 3.42. The Morgan fingerprint density at radius 2 is 1.83 bits per heavy atom. The molecule has 2 aromatic rings. The summed E-state index contributed by atoms with van der Waals surface area (Å²) in [6.07, 6.45) is 0. The van der Waals surface area contributed by atoms with E-state index in [-0.39, 0.29) is 23.9 Å². The van der Waals surface area contributed by atoms with Gasteiger partial charge in [0.2, 0.25) is 10.0 Å². The van der Waals surface area contributed by atoms with Gasteiger partial charge in [0, 0.05) is 23.1 Å². The Balaban J connectivity index is 1.92. The molecule has 2 aromatic carbocycles. The van der Waals surface area contributed by atoms with Gasteiger partial charge in [-0.1, -0.05) is 34.1 Å². The molecule has 0 fully saturated rings. The fourth-order valence-corrected chi connectivity index (χ4v) is 3.93. The minimum atomic E-state index is -3.59. The summed E-state index contributed by atoms with van der Waals surface area (Å²) in [5.41, 5.74) is 2.08. The standard InChI is InChI=1S/C17H19BrN2O3S/c1-12-6-7-13(2)16(10-12)24(22,23)20-9-8-19-17(21)14-4-3-5-15(18)11-14/h3-7,10-11,20H,8-9H2,1-2H3,(H,19,21). The number of halogens is 1. The van der Waals surface area contributed by atoms with Crippen molar-refractivity contribution in [3.05, 3.63) is 63.6 Å². The molecule has 2 rings (SSSR count). The second kappa shape index (κ2) is 7.92. The summed E-state index contributed by atoms with van der Waals surface area (Å²) in [5, 5.41) is 2.69. The first-order valence-electron chi connectivity index (χ1n) is 7.40. The molecular weight excluding hydrogens is 392 g/mol. The van der Waals surface area contributed by atoms with Crippen LogP contribution in [0.1, 0.15) is 21.5 Å². The van der Waals surface area contributed by atoms with Gasteiger partial charge in [-0.05, 0) is 49.2 Å². The van der Waals surface area contributed by atoms with Gasteiger partial charge in [0.1, 0.15) is 0 Å². The Bertz CT molecular complexity index is 851. The second-order valence-corrected chi connectivity index (χ2v) is 8.08. The number of aryl methyl sites for hydroxylation is 2. The van der Waals surface area contributed by atoms with Crippen molar-refractivity contribution >= 4 is 31.9 Å². The fourth-order valence-electron chi connectivity index (χ4n) is 2.17. The zero-order valence-corrected chi connectivity index (χ0v) is 15.9. The lowest BCUT2D eigenvalue weighted by Gasteiger charge is -2.11. The third-order valence-corrected chi connectivity index (χ3v) is 5.52. The van der Waals surface area contributed by atoms with Gasteiger partial charge in [0.25, 0.3) is 5.91 Å². The first-order valence-corrected chi connectivity index (χ1v) is 9.68. The summed E-state index contributed by atoms with van der Waals surface area (Å²) in [6, 6.07) is 12.3. The summed E-state index contributed by atoms with van der Waals surface area (Å²) >= 11 is 3.31. The molecule has 0 atom stereocenters. The molecule has 128 valence electrons. The highest BCUT2D eigenvalue weighted by Crippen LogP contribution is 2.16. The molecular formula is C17H19BrN2O3S. The quantitative estimate of drug-likeness (QED) is 0.718. The largest absolute Gasteiger partial charge is 0.351 e. The number of benzene rings is 2. The molecule has 0 bridgehead atoms. The molecule has 2 N–H and O–H groups in total. The van der Waals surface area contributed by atoms with E-state index in [2.05, 4.69) is 26.0 Å². The van der Waals surface area contributed by atoms with Crippen molar-refractivity contribution in [3.63, 3.8) is 0 Å². The number of amides is 1. The number of nitrogens with one attached hydrogen (secondary N) is 2. The highest BCUT2D eigenvalue weighted by atomic mass is 79.9. The average Bonchev–Trinajstić information content (AvgIpc) is 2.53. The Hall–Kier alpha value is -1.70. The van der Waals surface area contributed by atoms with Gasteiger partial charge in [0.05, 0.1) is 4.90 Å². The van der Waals surface area contributed by atoms with Crippen LogP contribution in [0.2, 0.25) is 0 Å². The van der Waals surface area contributed by atoms with E-state index >= 15 is 0 Å². The highest BCUT2D eigenvalue weighted by molar-refractivity contribution is 9.10. The van der Waals surface area contributed by atoms with Crippen molar-refractivity contribution in [2.75, 3.05) is 13.1 Å². The number of rotatable bonds is 6. The van der Waals surface area contributed by atoms with E-state index in [4.69, 9.17) is 0 Å². The Labute approximate surface area is 150 Å². The SMILES string of the molecule is Cc1ccc(C)c(S(=O)(=O)NCCNC(=O)c2cccc(Br)c2)c1. The lowest BCUT2D eigenvalue weighted by Crippen LogP contribution is -2.35. The van der Waals surface area contributed by atoms with Crippen molar-refractivity contribution in [2.45, 2.75) is 18.7 Å². The molecule has 0 saturated carbocycles. The zero-order chi connectivity index (χ0) is 17.7. The van der Waals surface area contributed by atoms with Crippen LogP contribution < -0.4 is 10.0 Å². The van der Waals surface area contributed by atoms with Crippen LogP contribution in [0.4, 0.5) is 0 Å². The Kier molecular flexibility index (Phi) is 6.15. The van der Waals surface area contributed by atoms with E-state index in [9.17, 15) is 13.2 Å². The van der Waals surface area contributed by atoms with Crippen molar-refractivity contribution in [2.24, 2.45) is 0 Å². The summed E-state index contributed by atoms with van der Waals surface area (Å²) in [7, 11) is -3.59. The maximum absolute atomic E-state index is 12.3. The van der Waals surface area contributed by atoms with Crippen LogP contribution in [-0.2, 0) is 10.0 Å². The van der Waals surface area contributed by atoms with Crippen LogP contribution in [0, 0.1) is 13.8 Å². The van der Waals surface area contributed by atoms with E-state index < -0.39 is 10.0 Å². The van der Waals surface area contributed by atoms with Crippen LogP contribution in [0.15, 0.2) is 51.8 Å². The van der Waals surface area contributed by atoms with E-state index in [1.54, 1.807) is 37.3 Å². The van der Waals surface area contributed by atoms with Crippen LogP contribution in [0.25, 0.3) is 0 Å². The summed E-state index contributed by atoms with van der Waals surface area (Å²) in [5.74, 6) is -0.248. The van der Waals surface area contributed by atoms with E-state index in [1.807, 2.05) is 19.1 Å². The van der Waals surface area contributed by atoms with Crippen LogP contribution in [0.3, 0.4) is 0 Å². The van der Waals surface area contributed by atoms with Crippen molar-refractivity contribution in [1.82, 2.24) is 10.0 Å². The second-order valence-electron chi connectivity index (χ2n) is 5.43. The van der Waals surface area contributed by atoms with Gasteiger partial charge in [0.15, 0.2) is 0 Å². The zero-order valence-electron chi connectivity index (χ0n) is 13.5. The van der Waals surface area contributed by atoms with Crippen molar-refractivity contribution < 1.29 is 13.2 Å². The molecule has 7 heteroatoms. The predicted molar refractivity (Wildman–Crippen MR) is 97.6 cm³/mol. The minimum Gasteiger partial charge on any atom is -0.351 e. The molecule has 0 aliphatic carbocycles. The summed E-state index contributed by atoms with van der Waals surface area (Å²) < 4.78 is 28.0. The Morgan fingerprint density at radius 3 is 2.54 bits per heavy atom. The maximum atomic E-state index is 12.3. The van der Waals surface area contributed by atoms with Gasteiger partial charge in [-0.25, -0.2) is 13.1 Å². The molecule has 0 saturated heterocycles. The minimum absolute atomic E-state index is 0.120. The van der Waals surface area contributed by atoms with Crippen molar-refractivity contribution in [1.29, 1.82) is 0 Å². The van der Waals surface area contributed by atoms with E-state index in [0.29, 0.717) is 11.1 Å². The molecule has 0 heterocycles. The lowest BCUT2D eigenvalue weighted by atomic mass is 10.2. The van der Waals surface area contributed by atoms with Crippen LogP contribution >= 0.6 is 15.9 Å². The number of hydrogen-bond acceptors (Lipinski definition) is 3. The average molecular weight is 411 g/mol. The smallest absolute Gasteiger partial charge is 0.251 e. The number of carbonyl (C=O) groups excluding carboxylic acids is 1. The number of sulfonamides is 1. The molecule has 0 radical (unpaired) electrons. The van der Waals surface area contributed by atoms with Gasteiger partial charge in [-0.2, -0.15) is 0 Å². The molecule has 0 aromatic heterocycles. The molecule has 5 nitrogen and oxygen atoms in total. The Morgan fingerprint density at radius 1 is 1.08 bits per heavy atom. The first-order chi connectivity index (χ1) is 11.3. The monoisotopic (exact) mass is 410 g/mol. The van der Waals surface area contributed by atoms with Gasteiger partial charge in [-0.3, -0.25) is 4.79 Å². The lowest BCUT2D eigenvalue weighted by molar-refractivity contribution is 0.0954. The normalized spacial score (nSPS) is 11.3. The van der Waals surface area contributed by atoms with Crippen molar-refractivity contribution in [3.8, 4) is 0 Å². The molecule has 0 aliphatic heterocycles. The van der Waals surface area contributed by atoms with Gasteiger partial charge >= 0.3 is 0 Å². The van der Waals surface area contributed by atoms with Gasteiger partial charge < -0.3 is 5.32 Å². The summed E-state index contributed by atoms with van der Waals surface area (Å²) in [4.78, 5) is 12.2. The fraction of sp³-hybridized carbons (Fsp3) is 0.235. The van der Waals surface area contributed by atoms with Crippen LogP contribution in [0.5, 0.6) is 0 Å². The maximum Gasteiger partial charge on any atom is 0.251 e. The van der Waals surface area contributed by atoms with Gasteiger partial charge in [-0.15, -0.1) is 0 Å². The summed E-state index contributed by atoms with van der Waals surface area (Å²) in [6.45, 7) is 3.92. The molecule has 0 aliphatic rings. The first kappa shape index (κ1) is 18.6. The van der Waals surface area contributed by atoms with E-state index in [0.717, 1.165) is 10.0 Å². The van der Waals surface area contributed by atoms with Crippen LogP contribution in [-0.4, -0.2) is 27.4 Å². The number of carbonyl (C=O) groups is 1. The van der Waals surface area contributed by atoms with E-state index in [1.165, 1.54) is 0 Å². The molecule has 1 amide bonds. The topological polar surface area (TPSA) is 75.3 Å². The third kappa shape index (κ3) is 4.90. The molecule has 0 unspecified atom stereocenters.